The van der Waals surface area contributed by atoms with E-state index in [1.54, 1.807) is 6.07 Å². The van der Waals surface area contributed by atoms with Crippen LogP contribution in [-0.4, -0.2) is 26.2 Å². The fraction of sp³-hybridized carbons (Fsp3) is 0. The van der Waals surface area contributed by atoms with E-state index in [1.165, 1.54) is 24.3 Å². The minimum Gasteiger partial charge on any atom is -0.504 e. The number of imidazole rings is 1. The van der Waals surface area contributed by atoms with Crippen molar-refractivity contribution in [2.24, 2.45) is 0 Å². The number of nitrogens with one attached hydrogen (secondary N) is 1. The zero-order valence-corrected chi connectivity index (χ0v) is 10.1. The van der Waals surface area contributed by atoms with Crippen molar-refractivity contribution in [3.05, 3.63) is 47.8 Å². The number of carbonyl (C=O) groups is 1. The first kappa shape index (κ1) is 12.2. The second kappa shape index (κ2) is 4.34. The molecular formula is C14H9FN2O3. The Morgan fingerprint density at radius 2 is 2.05 bits per heavy atom. The van der Waals surface area contributed by atoms with Crippen molar-refractivity contribution in [1.82, 2.24) is 9.97 Å². The number of halogens is 1. The molecule has 20 heavy (non-hydrogen) atoms. The second-order valence-electron chi connectivity index (χ2n) is 4.26. The van der Waals surface area contributed by atoms with E-state index in [0.29, 0.717) is 11.0 Å². The fourth-order valence-electron chi connectivity index (χ4n) is 1.98. The maximum absolute atomic E-state index is 13.3. The summed E-state index contributed by atoms with van der Waals surface area (Å²) in [6.45, 7) is 0. The molecule has 0 aliphatic carbocycles. The minimum absolute atomic E-state index is 0.121. The Balaban J connectivity index is 2.18. The summed E-state index contributed by atoms with van der Waals surface area (Å²) >= 11 is 0. The molecule has 0 amide bonds. The number of aromatic nitrogens is 2. The van der Waals surface area contributed by atoms with Crippen molar-refractivity contribution in [1.29, 1.82) is 0 Å². The number of aromatic hydroxyl groups is 1. The molecule has 0 atom stereocenters. The van der Waals surface area contributed by atoms with Gasteiger partial charge in [-0.05, 0) is 30.3 Å². The fourth-order valence-corrected chi connectivity index (χ4v) is 1.98. The number of aromatic carboxylic acids is 1. The molecule has 3 aromatic rings. The monoisotopic (exact) mass is 272 g/mol. The van der Waals surface area contributed by atoms with Gasteiger partial charge in [-0.25, -0.2) is 14.2 Å². The second-order valence-corrected chi connectivity index (χ2v) is 4.26. The number of hydrogen-bond acceptors (Lipinski definition) is 3. The van der Waals surface area contributed by atoms with Crippen molar-refractivity contribution in [2.75, 3.05) is 0 Å². The van der Waals surface area contributed by atoms with Gasteiger partial charge < -0.3 is 15.2 Å². The van der Waals surface area contributed by atoms with E-state index < -0.39 is 17.5 Å². The summed E-state index contributed by atoms with van der Waals surface area (Å²) in [4.78, 5) is 18.0. The van der Waals surface area contributed by atoms with Crippen molar-refractivity contribution in [2.45, 2.75) is 0 Å². The number of aromatic amines is 1. The Hall–Kier alpha value is -2.89. The number of carboxylic acids is 1. The van der Waals surface area contributed by atoms with E-state index >= 15 is 0 Å². The third-order valence-corrected chi connectivity index (χ3v) is 2.97. The van der Waals surface area contributed by atoms with Crippen LogP contribution in [-0.2, 0) is 0 Å². The summed E-state index contributed by atoms with van der Waals surface area (Å²) in [6.07, 6.45) is 0. The van der Waals surface area contributed by atoms with Gasteiger partial charge in [-0.1, -0.05) is 6.07 Å². The molecule has 0 fully saturated rings. The minimum atomic E-state index is -1.04. The normalized spacial score (nSPS) is 10.8. The number of nitrogens with zero attached hydrogens (tertiary/aromatic N) is 1. The number of benzene rings is 2. The van der Waals surface area contributed by atoms with Gasteiger partial charge >= 0.3 is 5.97 Å². The molecule has 0 saturated carbocycles. The van der Waals surface area contributed by atoms with Crippen LogP contribution in [0.15, 0.2) is 36.4 Å². The Kier molecular flexibility index (Phi) is 2.64. The predicted octanol–water partition coefficient (Wildman–Crippen LogP) is 2.77. The molecule has 100 valence electrons. The van der Waals surface area contributed by atoms with Gasteiger partial charge in [0.2, 0.25) is 0 Å². The summed E-state index contributed by atoms with van der Waals surface area (Å²) in [7, 11) is 0. The zero-order chi connectivity index (χ0) is 14.3. The molecule has 3 N–H and O–H groups in total. The lowest BCUT2D eigenvalue weighted by Crippen LogP contribution is -1.94. The summed E-state index contributed by atoms with van der Waals surface area (Å²) in [5, 5.41) is 18.6. The molecule has 0 aliphatic rings. The highest BCUT2D eigenvalue weighted by Crippen LogP contribution is 2.30. The number of H-pyrrole nitrogens is 1. The Labute approximate surface area is 112 Å². The summed E-state index contributed by atoms with van der Waals surface area (Å²) in [6, 6.07) is 8.54. The molecule has 0 radical (unpaired) electrons. The molecule has 1 aromatic heterocycles. The van der Waals surface area contributed by atoms with Gasteiger partial charge in [-0.15, -0.1) is 0 Å². The largest absolute Gasteiger partial charge is 0.504 e. The molecule has 5 nitrogen and oxygen atoms in total. The number of phenols is 1. The van der Waals surface area contributed by atoms with Crippen molar-refractivity contribution < 1.29 is 19.4 Å². The Morgan fingerprint density at radius 1 is 1.25 bits per heavy atom. The summed E-state index contributed by atoms with van der Waals surface area (Å²) in [5.41, 5.74) is 1.38. The number of phenolic OH excluding ortho intramolecular Hbond substituents is 1. The van der Waals surface area contributed by atoms with Crippen molar-refractivity contribution >= 4 is 17.0 Å². The molecule has 0 bridgehead atoms. The van der Waals surface area contributed by atoms with E-state index in [1.807, 2.05) is 0 Å². The van der Waals surface area contributed by atoms with Crippen LogP contribution in [0.3, 0.4) is 0 Å². The molecule has 0 saturated heterocycles. The van der Waals surface area contributed by atoms with Gasteiger partial charge in [0, 0.05) is 0 Å². The molecule has 2 aromatic carbocycles. The topological polar surface area (TPSA) is 86.2 Å². The van der Waals surface area contributed by atoms with E-state index in [0.717, 1.165) is 6.07 Å². The van der Waals surface area contributed by atoms with Crippen LogP contribution >= 0.6 is 0 Å². The molecule has 0 spiro atoms. The van der Waals surface area contributed by atoms with Gasteiger partial charge in [0.15, 0.2) is 11.6 Å². The van der Waals surface area contributed by atoms with Crippen LogP contribution in [0.4, 0.5) is 4.39 Å². The third-order valence-electron chi connectivity index (χ3n) is 2.97. The highest BCUT2D eigenvalue weighted by Gasteiger charge is 2.13. The average Bonchev–Trinajstić information content (AvgIpc) is 2.84. The number of carboxylic acid groups (broad SMARTS) is 1. The maximum Gasteiger partial charge on any atom is 0.335 e. The van der Waals surface area contributed by atoms with Gasteiger partial charge in [0.1, 0.15) is 5.82 Å². The van der Waals surface area contributed by atoms with Crippen LogP contribution in [0.5, 0.6) is 5.75 Å². The highest BCUT2D eigenvalue weighted by atomic mass is 19.1. The third kappa shape index (κ3) is 1.87. The number of hydrogen-bond donors (Lipinski definition) is 3. The van der Waals surface area contributed by atoms with Crippen LogP contribution < -0.4 is 0 Å². The van der Waals surface area contributed by atoms with Gasteiger partial charge in [0.05, 0.1) is 22.2 Å². The van der Waals surface area contributed by atoms with Crippen LogP contribution in [0.2, 0.25) is 0 Å². The Bertz CT molecular complexity index is 826. The highest BCUT2D eigenvalue weighted by molar-refractivity contribution is 5.93. The molecule has 6 heteroatoms. The first-order valence-corrected chi connectivity index (χ1v) is 5.77. The number of rotatable bonds is 2. The van der Waals surface area contributed by atoms with Gasteiger partial charge in [-0.3, -0.25) is 0 Å². The molecule has 0 aliphatic heterocycles. The van der Waals surface area contributed by atoms with E-state index in [4.69, 9.17) is 5.11 Å². The number of fused-ring (bicyclic) bond motifs is 1. The first-order valence-electron chi connectivity index (χ1n) is 5.77. The SMILES string of the molecule is O=C(O)c1ccc2nc(-c3cccc(F)c3O)[nH]c2c1. The lowest BCUT2D eigenvalue weighted by atomic mass is 10.2. The van der Waals surface area contributed by atoms with Gasteiger partial charge in [-0.2, -0.15) is 0 Å². The van der Waals surface area contributed by atoms with Crippen LogP contribution in [0, 0.1) is 5.82 Å². The zero-order valence-electron chi connectivity index (χ0n) is 10.1. The molecular weight excluding hydrogens is 263 g/mol. The average molecular weight is 272 g/mol. The van der Waals surface area contributed by atoms with E-state index in [9.17, 15) is 14.3 Å². The molecule has 0 unspecified atom stereocenters. The summed E-state index contributed by atoms with van der Waals surface area (Å²) in [5.74, 6) is -2.00. The predicted molar refractivity (Wildman–Crippen MR) is 70.1 cm³/mol. The first-order chi connectivity index (χ1) is 9.56. The Morgan fingerprint density at radius 3 is 2.80 bits per heavy atom. The standard InChI is InChI=1S/C14H9FN2O3/c15-9-3-1-2-8(12(9)18)13-16-10-5-4-7(14(19)20)6-11(10)17-13/h1-6,18H,(H,16,17)(H,19,20). The molecule has 3 rings (SSSR count). The van der Waals surface area contributed by atoms with Gasteiger partial charge in [0.25, 0.3) is 0 Å². The molecule has 1 heterocycles. The van der Waals surface area contributed by atoms with E-state index in [-0.39, 0.29) is 17.0 Å². The number of para-hydroxylation sites is 1. The smallest absolute Gasteiger partial charge is 0.335 e. The van der Waals surface area contributed by atoms with Crippen molar-refractivity contribution in [3.8, 4) is 17.1 Å². The van der Waals surface area contributed by atoms with Crippen LogP contribution in [0.25, 0.3) is 22.4 Å². The van der Waals surface area contributed by atoms with Crippen molar-refractivity contribution in [3.63, 3.8) is 0 Å². The van der Waals surface area contributed by atoms with E-state index in [2.05, 4.69) is 9.97 Å². The lowest BCUT2D eigenvalue weighted by molar-refractivity contribution is 0.0697. The lowest BCUT2D eigenvalue weighted by Gasteiger charge is -2.01. The quantitative estimate of drug-likeness (QED) is 0.669. The summed E-state index contributed by atoms with van der Waals surface area (Å²) < 4.78 is 13.3. The van der Waals surface area contributed by atoms with Crippen LogP contribution in [0.1, 0.15) is 10.4 Å². The maximum atomic E-state index is 13.3.